The SMILES string of the molecule is c1ccc(-c2ccc(-c3cccc(-c4nc(-c5ccc6c7ccccc7n(-c7ccccc7)c6c5)nc(-c5cccc6c5[se]c5ccccc56)n4)c3)cc2)cc1. The zero-order valence-corrected chi connectivity index (χ0v) is 31.9. The summed E-state index contributed by atoms with van der Waals surface area (Å²) in [6.07, 6.45) is 0. The number of hydrogen-bond donors (Lipinski definition) is 0. The summed E-state index contributed by atoms with van der Waals surface area (Å²) < 4.78 is 5.05. The Morgan fingerprint density at radius 3 is 1.68 bits per heavy atom. The number of hydrogen-bond acceptors (Lipinski definition) is 3. The van der Waals surface area contributed by atoms with Crippen LogP contribution in [0.25, 0.3) is 103 Å². The molecule has 262 valence electrons. The number of fused-ring (bicyclic) bond motifs is 6. The third-order valence-corrected chi connectivity index (χ3v) is 13.2. The van der Waals surface area contributed by atoms with Crippen LogP contribution in [0.1, 0.15) is 0 Å². The molecule has 4 nitrogen and oxygen atoms in total. The number of benzene rings is 8. The molecule has 3 aromatic heterocycles. The van der Waals surface area contributed by atoms with Gasteiger partial charge in [0.1, 0.15) is 0 Å². The Hall–Kier alpha value is -6.91. The summed E-state index contributed by atoms with van der Waals surface area (Å²) in [6, 6.07) is 68.9. The first-order chi connectivity index (χ1) is 27.7. The van der Waals surface area contributed by atoms with Gasteiger partial charge in [-0.15, -0.1) is 0 Å². The van der Waals surface area contributed by atoms with E-state index in [1.165, 1.54) is 41.2 Å². The second-order valence-corrected chi connectivity index (χ2v) is 16.2. The fraction of sp³-hybridized carbons (Fsp3) is 0. The van der Waals surface area contributed by atoms with Gasteiger partial charge in [0, 0.05) is 0 Å². The molecule has 56 heavy (non-hydrogen) atoms. The minimum atomic E-state index is 0.136. The number of nitrogens with zero attached hydrogens (tertiary/aromatic N) is 4. The van der Waals surface area contributed by atoms with Gasteiger partial charge < -0.3 is 0 Å². The molecule has 5 heteroatoms. The maximum Gasteiger partial charge on any atom is -0.0544 e. The molecule has 3 heterocycles. The van der Waals surface area contributed by atoms with Crippen molar-refractivity contribution < 1.29 is 0 Å². The van der Waals surface area contributed by atoms with Crippen LogP contribution in [0.4, 0.5) is 0 Å². The topological polar surface area (TPSA) is 43.6 Å². The first kappa shape index (κ1) is 32.5. The summed E-state index contributed by atoms with van der Waals surface area (Å²) in [5.74, 6) is 1.99. The Morgan fingerprint density at radius 1 is 0.339 bits per heavy atom. The van der Waals surface area contributed by atoms with Gasteiger partial charge in [-0.25, -0.2) is 0 Å². The molecular formula is C51H32N4Se. The average molecular weight is 780 g/mol. The number of rotatable bonds is 6. The van der Waals surface area contributed by atoms with Crippen LogP contribution >= 0.6 is 0 Å². The smallest absolute Gasteiger partial charge is 0.0544 e. The monoisotopic (exact) mass is 780 g/mol. The summed E-state index contributed by atoms with van der Waals surface area (Å²) in [5.41, 5.74) is 11.0. The predicted octanol–water partition coefficient (Wildman–Crippen LogP) is 12.7. The Morgan fingerprint density at radius 2 is 0.875 bits per heavy atom. The van der Waals surface area contributed by atoms with Crippen LogP contribution in [-0.4, -0.2) is 34.0 Å². The van der Waals surface area contributed by atoms with Crippen molar-refractivity contribution >= 4 is 55.6 Å². The molecule has 0 aliphatic carbocycles. The molecule has 0 N–H and O–H groups in total. The largest absolute Gasteiger partial charge is 0.0617 e. The first-order valence-corrected chi connectivity index (χ1v) is 20.5. The number of aromatic nitrogens is 4. The zero-order chi connectivity index (χ0) is 37.0. The van der Waals surface area contributed by atoms with Gasteiger partial charge in [-0.3, -0.25) is 0 Å². The molecule has 0 radical (unpaired) electrons. The van der Waals surface area contributed by atoms with Crippen molar-refractivity contribution in [3.8, 4) is 62.1 Å². The third-order valence-electron chi connectivity index (χ3n) is 10.7. The van der Waals surface area contributed by atoms with Gasteiger partial charge in [-0.05, 0) is 5.56 Å². The molecule has 0 atom stereocenters. The molecule has 0 saturated carbocycles. The summed E-state index contributed by atoms with van der Waals surface area (Å²) in [4.78, 5) is 15.8. The zero-order valence-electron chi connectivity index (χ0n) is 30.2. The van der Waals surface area contributed by atoms with Gasteiger partial charge in [0.25, 0.3) is 0 Å². The van der Waals surface area contributed by atoms with E-state index in [2.05, 4.69) is 199 Å². The molecule has 11 aromatic rings. The maximum absolute atomic E-state index is 5.30. The van der Waals surface area contributed by atoms with Crippen LogP contribution in [-0.2, 0) is 0 Å². The van der Waals surface area contributed by atoms with Crippen LogP contribution in [0.5, 0.6) is 0 Å². The van der Waals surface area contributed by atoms with E-state index in [-0.39, 0.29) is 14.5 Å². The van der Waals surface area contributed by atoms with E-state index in [9.17, 15) is 0 Å². The van der Waals surface area contributed by atoms with Gasteiger partial charge in [0.05, 0.1) is 0 Å². The van der Waals surface area contributed by atoms with Crippen LogP contribution in [0.15, 0.2) is 194 Å². The van der Waals surface area contributed by atoms with Crippen LogP contribution in [0.2, 0.25) is 0 Å². The van der Waals surface area contributed by atoms with Crippen LogP contribution in [0, 0.1) is 0 Å². The summed E-state index contributed by atoms with van der Waals surface area (Å²) >= 11 is 0.136. The van der Waals surface area contributed by atoms with Crippen molar-refractivity contribution in [3.63, 3.8) is 0 Å². The third kappa shape index (κ3) is 5.56. The summed E-state index contributed by atoms with van der Waals surface area (Å²) in [5, 5.41) is 4.99. The van der Waals surface area contributed by atoms with Crippen molar-refractivity contribution in [2.24, 2.45) is 0 Å². The molecule has 11 rings (SSSR count). The quantitative estimate of drug-likeness (QED) is 0.158. The molecule has 0 bridgehead atoms. The van der Waals surface area contributed by atoms with Crippen molar-refractivity contribution in [2.45, 2.75) is 0 Å². The van der Waals surface area contributed by atoms with E-state index in [1.54, 1.807) is 0 Å². The standard InChI is InChI=1S/C51H32N4Se/c1-3-13-33(14-4-1)34-25-27-35(28-26-34)36-15-11-16-37(31-36)49-52-50(54-51(53-49)44-22-12-21-43-42-20-8-10-24-47(42)56-48(43)44)38-29-30-41-40-19-7-9-23-45(40)55(46(41)32-38)39-17-5-2-6-18-39/h1-32H. The Balaban J connectivity index is 1.10. The summed E-state index contributed by atoms with van der Waals surface area (Å²) in [6.45, 7) is 0. The average Bonchev–Trinajstić information content (AvgIpc) is 3.83. The summed E-state index contributed by atoms with van der Waals surface area (Å²) in [7, 11) is 0. The minimum absolute atomic E-state index is 0.136. The van der Waals surface area contributed by atoms with Crippen LogP contribution in [0.3, 0.4) is 0 Å². The molecule has 0 saturated heterocycles. The Labute approximate surface area is 329 Å². The van der Waals surface area contributed by atoms with E-state index in [0.717, 1.165) is 44.5 Å². The van der Waals surface area contributed by atoms with Gasteiger partial charge in [-0.2, -0.15) is 0 Å². The van der Waals surface area contributed by atoms with E-state index in [4.69, 9.17) is 15.0 Å². The van der Waals surface area contributed by atoms with Gasteiger partial charge in [0.15, 0.2) is 0 Å². The van der Waals surface area contributed by atoms with Crippen molar-refractivity contribution in [3.05, 3.63) is 194 Å². The molecule has 0 spiro atoms. The molecule has 0 amide bonds. The number of para-hydroxylation sites is 2. The second-order valence-electron chi connectivity index (χ2n) is 14.0. The minimum Gasteiger partial charge on any atom is -0.0617 e. The van der Waals surface area contributed by atoms with E-state index in [0.29, 0.717) is 17.5 Å². The molecule has 0 aliphatic heterocycles. The van der Waals surface area contributed by atoms with Crippen LogP contribution < -0.4 is 0 Å². The second kappa shape index (κ2) is 13.4. The molecule has 0 aliphatic rings. The maximum atomic E-state index is 5.30. The molecule has 8 aromatic carbocycles. The van der Waals surface area contributed by atoms with Crippen molar-refractivity contribution in [1.29, 1.82) is 0 Å². The van der Waals surface area contributed by atoms with Gasteiger partial charge >= 0.3 is 289 Å². The van der Waals surface area contributed by atoms with Crippen molar-refractivity contribution in [2.75, 3.05) is 0 Å². The first-order valence-electron chi connectivity index (χ1n) is 18.8. The Bertz CT molecular complexity index is 3240. The fourth-order valence-corrected chi connectivity index (χ4v) is 10.5. The molecule has 0 unspecified atom stereocenters. The van der Waals surface area contributed by atoms with E-state index >= 15 is 0 Å². The van der Waals surface area contributed by atoms with Gasteiger partial charge in [0.2, 0.25) is 0 Å². The van der Waals surface area contributed by atoms with E-state index < -0.39 is 0 Å². The normalized spacial score (nSPS) is 11.6. The molecule has 0 fully saturated rings. The van der Waals surface area contributed by atoms with Gasteiger partial charge in [-0.1, -0.05) is 36.4 Å². The van der Waals surface area contributed by atoms with Crippen molar-refractivity contribution in [1.82, 2.24) is 19.5 Å². The molecular weight excluding hydrogens is 748 g/mol. The van der Waals surface area contributed by atoms with E-state index in [1.807, 2.05) is 0 Å². The Kier molecular flexibility index (Phi) is 7.80. The predicted molar refractivity (Wildman–Crippen MR) is 233 cm³/mol. The fourth-order valence-electron chi connectivity index (χ4n) is 7.97.